The summed E-state index contributed by atoms with van der Waals surface area (Å²) in [5, 5.41) is 25.0. The molecular formula is C6H7N3O3. The molecule has 64 valence electrons. The van der Waals surface area contributed by atoms with Gasteiger partial charge in [0, 0.05) is 0 Å². The van der Waals surface area contributed by atoms with E-state index in [1.165, 1.54) is 6.07 Å². The Morgan fingerprint density at radius 1 is 1.33 bits per heavy atom. The third-order valence-corrected chi connectivity index (χ3v) is 1.44. The number of aromatic nitrogens is 3. The summed E-state index contributed by atoms with van der Waals surface area (Å²) >= 11 is 0. The van der Waals surface area contributed by atoms with Gasteiger partial charge in [-0.3, -0.25) is 0 Å². The van der Waals surface area contributed by atoms with Crippen molar-refractivity contribution in [2.75, 3.05) is 0 Å². The molecular weight excluding hydrogens is 162 g/mol. The van der Waals surface area contributed by atoms with E-state index in [1.54, 1.807) is 12.1 Å². The molecule has 0 aliphatic rings. The van der Waals surface area contributed by atoms with Gasteiger partial charge in [-0.2, -0.15) is 0 Å². The van der Waals surface area contributed by atoms with E-state index in [4.69, 9.17) is 10.3 Å². The van der Waals surface area contributed by atoms with Crippen LogP contribution in [0.2, 0.25) is 0 Å². The standard InChI is InChI=1S/C6H5N3O2.H2O/c10-5-3-1-2-4-6(5)7-8-9(4)11;/h1-3,10-11H;1H2. The summed E-state index contributed by atoms with van der Waals surface area (Å²) in [5.74, 6) is 0.0165. The highest BCUT2D eigenvalue weighted by atomic mass is 16.5. The summed E-state index contributed by atoms with van der Waals surface area (Å²) < 4.78 is 0. The van der Waals surface area contributed by atoms with Gasteiger partial charge in [0.1, 0.15) is 11.3 Å². The Hall–Kier alpha value is -1.82. The highest BCUT2D eigenvalue weighted by molar-refractivity contribution is 5.80. The molecule has 6 nitrogen and oxygen atoms in total. The van der Waals surface area contributed by atoms with E-state index in [-0.39, 0.29) is 11.2 Å². The van der Waals surface area contributed by atoms with E-state index >= 15 is 0 Å². The predicted octanol–water partition coefficient (Wildman–Crippen LogP) is -0.451. The van der Waals surface area contributed by atoms with Gasteiger partial charge < -0.3 is 15.8 Å². The van der Waals surface area contributed by atoms with Crippen LogP contribution in [0.1, 0.15) is 0 Å². The molecule has 0 aliphatic heterocycles. The number of hydrogen-bond donors (Lipinski definition) is 2. The van der Waals surface area contributed by atoms with Crippen molar-refractivity contribution in [3.05, 3.63) is 18.2 Å². The van der Waals surface area contributed by atoms with Crippen molar-refractivity contribution in [3.63, 3.8) is 0 Å². The van der Waals surface area contributed by atoms with Gasteiger partial charge in [0.25, 0.3) is 0 Å². The Bertz CT molecular complexity index is 398. The second kappa shape index (κ2) is 2.67. The average Bonchev–Trinajstić information content (AvgIpc) is 2.35. The molecule has 1 aromatic heterocycles. The van der Waals surface area contributed by atoms with Crippen molar-refractivity contribution in [1.29, 1.82) is 0 Å². The van der Waals surface area contributed by atoms with Gasteiger partial charge in [-0.15, -0.1) is 5.10 Å². The number of hydrogen-bond acceptors (Lipinski definition) is 4. The van der Waals surface area contributed by atoms with Crippen LogP contribution in [0, 0.1) is 0 Å². The zero-order chi connectivity index (χ0) is 7.84. The molecule has 1 heterocycles. The predicted molar refractivity (Wildman–Crippen MR) is 40.0 cm³/mol. The third-order valence-electron chi connectivity index (χ3n) is 1.44. The largest absolute Gasteiger partial charge is 0.506 e. The van der Waals surface area contributed by atoms with Crippen LogP contribution in [-0.2, 0) is 0 Å². The smallest absolute Gasteiger partial charge is 0.158 e. The van der Waals surface area contributed by atoms with E-state index < -0.39 is 0 Å². The van der Waals surface area contributed by atoms with E-state index in [0.717, 1.165) is 0 Å². The topological polar surface area (TPSA) is 103 Å². The molecule has 0 unspecified atom stereocenters. The lowest BCUT2D eigenvalue weighted by Crippen LogP contribution is -1.90. The molecule has 0 fully saturated rings. The van der Waals surface area contributed by atoms with Crippen LogP contribution in [0.4, 0.5) is 0 Å². The molecule has 0 atom stereocenters. The van der Waals surface area contributed by atoms with Crippen molar-refractivity contribution >= 4 is 11.0 Å². The summed E-state index contributed by atoms with van der Waals surface area (Å²) in [5.41, 5.74) is 0.694. The molecule has 2 rings (SSSR count). The zero-order valence-electron chi connectivity index (χ0n) is 5.97. The monoisotopic (exact) mass is 169 g/mol. The van der Waals surface area contributed by atoms with E-state index in [1.807, 2.05) is 0 Å². The highest BCUT2D eigenvalue weighted by Gasteiger charge is 2.05. The number of nitrogens with zero attached hydrogens (tertiary/aromatic N) is 3. The first-order valence-corrected chi connectivity index (χ1v) is 3.01. The Morgan fingerprint density at radius 3 is 2.75 bits per heavy atom. The lowest BCUT2D eigenvalue weighted by atomic mass is 10.3. The quantitative estimate of drug-likeness (QED) is 0.521. The molecule has 0 saturated heterocycles. The molecule has 0 amide bonds. The number of phenols is 1. The first-order chi connectivity index (χ1) is 5.29. The molecule has 12 heavy (non-hydrogen) atoms. The van der Waals surface area contributed by atoms with Gasteiger partial charge in [-0.05, 0) is 17.3 Å². The summed E-state index contributed by atoms with van der Waals surface area (Å²) in [6.45, 7) is 0. The molecule has 1 aromatic carbocycles. The molecule has 0 aliphatic carbocycles. The van der Waals surface area contributed by atoms with Crippen LogP contribution in [0.3, 0.4) is 0 Å². The third kappa shape index (κ3) is 0.940. The van der Waals surface area contributed by atoms with Crippen LogP contribution in [0.25, 0.3) is 11.0 Å². The van der Waals surface area contributed by atoms with E-state index in [2.05, 4.69) is 10.3 Å². The summed E-state index contributed by atoms with van der Waals surface area (Å²) in [6.07, 6.45) is 0. The van der Waals surface area contributed by atoms with E-state index in [9.17, 15) is 0 Å². The lowest BCUT2D eigenvalue weighted by Gasteiger charge is -1.90. The van der Waals surface area contributed by atoms with Crippen molar-refractivity contribution in [2.45, 2.75) is 0 Å². The van der Waals surface area contributed by atoms with Crippen LogP contribution in [0.5, 0.6) is 5.75 Å². The fraction of sp³-hybridized carbons (Fsp3) is 0. The Morgan fingerprint density at radius 2 is 2.08 bits per heavy atom. The molecule has 0 saturated carbocycles. The van der Waals surface area contributed by atoms with Crippen LogP contribution >= 0.6 is 0 Å². The van der Waals surface area contributed by atoms with E-state index in [0.29, 0.717) is 15.9 Å². The van der Waals surface area contributed by atoms with Crippen molar-refractivity contribution in [2.24, 2.45) is 0 Å². The maximum atomic E-state index is 9.16. The average molecular weight is 169 g/mol. The first kappa shape index (κ1) is 8.28. The van der Waals surface area contributed by atoms with Gasteiger partial charge >= 0.3 is 0 Å². The summed E-state index contributed by atoms with van der Waals surface area (Å²) in [6, 6.07) is 4.69. The van der Waals surface area contributed by atoms with Gasteiger partial charge in [-0.1, -0.05) is 10.9 Å². The molecule has 2 aromatic rings. The van der Waals surface area contributed by atoms with Gasteiger partial charge in [0.15, 0.2) is 5.52 Å². The normalized spacial score (nSPS) is 9.67. The van der Waals surface area contributed by atoms with Gasteiger partial charge in [0.2, 0.25) is 0 Å². The number of aromatic hydroxyl groups is 1. The molecule has 0 spiro atoms. The van der Waals surface area contributed by atoms with Crippen molar-refractivity contribution < 1.29 is 15.8 Å². The Kier molecular flexibility index (Phi) is 1.84. The van der Waals surface area contributed by atoms with Crippen molar-refractivity contribution in [3.8, 4) is 5.75 Å². The minimum Gasteiger partial charge on any atom is -0.506 e. The summed E-state index contributed by atoms with van der Waals surface area (Å²) in [4.78, 5) is 0.620. The number of fused-ring (bicyclic) bond motifs is 1. The second-order valence-corrected chi connectivity index (χ2v) is 2.12. The SMILES string of the molecule is O.Oc1cccc2c1nnn2O. The summed E-state index contributed by atoms with van der Waals surface area (Å²) in [7, 11) is 0. The van der Waals surface area contributed by atoms with Crippen LogP contribution in [-0.4, -0.2) is 30.9 Å². The maximum Gasteiger partial charge on any atom is 0.158 e. The number of benzene rings is 1. The maximum absolute atomic E-state index is 9.16. The Labute approximate surface area is 66.9 Å². The highest BCUT2D eigenvalue weighted by Crippen LogP contribution is 2.19. The van der Waals surface area contributed by atoms with Gasteiger partial charge in [-0.25, -0.2) is 0 Å². The Balaban J connectivity index is 0.000000720. The minimum absolute atomic E-state index is 0. The first-order valence-electron chi connectivity index (χ1n) is 3.01. The number of phenolic OH excluding ortho intramolecular Hbond substituents is 1. The fourth-order valence-corrected chi connectivity index (χ4v) is 0.919. The lowest BCUT2D eigenvalue weighted by molar-refractivity contribution is 0.154. The molecule has 6 heteroatoms. The zero-order valence-corrected chi connectivity index (χ0v) is 5.97. The molecule has 0 bridgehead atoms. The number of rotatable bonds is 0. The molecule has 0 radical (unpaired) electrons. The fourth-order valence-electron chi connectivity index (χ4n) is 0.919. The minimum atomic E-state index is 0. The van der Waals surface area contributed by atoms with Crippen molar-refractivity contribution in [1.82, 2.24) is 15.2 Å². The van der Waals surface area contributed by atoms with Crippen LogP contribution in [0.15, 0.2) is 18.2 Å². The second-order valence-electron chi connectivity index (χ2n) is 2.12. The van der Waals surface area contributed by atoms with Gasteiger partial charge in [0.05, 0.1) is 0 Å². The van der Waals surface area contributed by atoms with Crippen LogP contribution < -0.4 is 0 Å². The molecule has 4 N–H and O–H groups in total.